The SMILES string of the molecule is CC.CC1=CCCC2=C1c1ccccc1C2=O. The summed E-state index contributed by atoms with van der Waals surface area (Å²) in [6, 6.07) is 7.93. The molecule has 0 atom stereocenters. The molecule has 3 rings (SSSR count). The maximum absolute atomic E-state index is 12.1. The summed E-state index contributed by atoms with van der Waals surface area (Å²) in [5.41, 5.74) is 5.50. The molecule has 88 valence electrons. The number of Topliss-reactive ketones (excluding diaryl/α,β-unsaturated/α-hetero) is 1. The monoisotopic (exact) mass is 226 g/mol. The molecule has 0 unspecified atom stereocenters. The zero-order valence-electron chi connectivity index (χ0n) is 10.7. The summed E-state index contributed by atoms with van der Waals surface area (Å²) in [5, 5.41) is 0. The van der Waals surface area contributed by atoms with E-state index in [1.54, 1.807) is 0 Å². The van der Waals surface area contributed by atoms with Crippen LogP contribution >= 0.6 is 0 Å². The number of ketones is 1. The number of carbonyl (C=O) groups is 1. The van der Waals surface area contributed by atoms with Gasteiger partial charge < -0.3 is 0 Å². The normalized spacial score (nSPS) is 16.9. The van der Waals surface area contributed by atoms with Crippen molar-refractivity contribution in [3.8, 4) is 0 Å². The third kappa shape index (κ3) is 1.76. The van der Waals surface area contributed by atoms with Gasteiger partial charge in [0.2, 0.25) is 0 Å². The molecule has 0 saturated heterocycles. The molecule has 1 heteroatoms. The van der Waals surface area contributed by atoms with Crippen LogP contribution in [-0.2, 0) is 0 Å². The van der Waals surface area contributed by atoms with Crippen LogP contribution in [0.25, 0.3) is 5.57 Å². The number of rotatable bonds is 0. The minimum absolute atomic E-state index is 0.244. The standard InChI is InChI=1S/C14H12O.C2H6/c1-9-5-4-8-12-13(9)10-6-2-3-7-11(10)14(12)15;1-2/h2-3,5-7H,4,8H2,1H3;1-2H3. The predicted molar refractivity (Wildman–Crippen MR) is 72.0 cm³/mol. The van der Waals surface area contributed by atoms with E-state index in [1.165, 1.54) is 11.1 Å². The summed E-state index contributed by atoms with van der Waals surface area (Å²) in [5.74, 6) is 0.244. The van der Waals surface area contributed by atoms with Gasteiger partial charge in [0.1, 0.15) is 0 Å². The lowest BCUT2D eigenvalue weighted by Crippen LogP contribution is -2.00. The first-order valence-corrected chi connectivity index (χ1v) is 6.33. The molecule has 1 aromatic rings. The second kappa shape index (κ2) is 4.70. The van der Waals surface area contributed by atoms with Crippen LogP contribution in [-0.4, -0.2) is 5.78 Å². The Morgan fingerprint density at radius 1 is 1.06 bits per heavy atom. The molecule has 0 amide bonds. The summed E-state index contributed by atoms with van der Waals surface area (Å²) < 4.78 is 0. The minimum Gasteiger partial charge on any atom is -0.289 e. The number of allylic oxidation sites excluding steroid dienone is 4. The van der Waals surface area contributed by atoms with Gasteiger partial charge in [-0.25, -0.2) is 0 Å². The van der Waals surface area contributed by atoms with Crippen LogP contribution in [0.2, 0.25) is 0 Å². The smallest absolute Gasteiger partial charge is 0.190 e. The minimum atomic E-state index is 0.244. The zero-order chi connectivity index (χ0) is 12.4. The molecule has 0 spiro atoms. The van der Waals surface area contributed by atoms with Gasteiger partial charge in [-0.15, -0.1) is 0 Å². The molecule has 17 heavy (non-hydrogen) atoms. The second-order valence-corrected chi connectivity index (χ2v) is 4.15. The lowest BCUT2D eigenvalue weighted by molar-refractivity contribution is 0.103. The van der Waals surface area contributed by atoms with Crippen molar-refractivity contribution < 1.29 is 4.79 Å². The Morgan fingerprint density at radius 2 is 1.71 bits per heavy atom. The van der Waals surface area contributed by atoms with Crippen molar-refractivity contribution in [1.82, 2.24) is 0 Å². The molecule has 0 radical (unpaired) electrons. The molecule has 0 saturated carbocycles. The summed E-state index contributed by atoms with van der Waals surface area (Å²) in [4.78, 5) is 12.1. The topological polar surface area (TPSA) is 17.1 Å². The molecule has 0 N–H and O–H groups in total. The highest BCUT2D eigenvalue weighted by Crippen LogP contribution is 2.41. The van der Waals surface area contributed by atoms with E-state index < -0.39 is 0 Å². The van der Waals surface area contributed by atoms with Gasteiger partial charge in [-0.05, 0) is 36.5 Å². The van der Waals surface area contributed by atoms with Gasteiger partial charge in [0.15, 0.2) is 5.78 Å². The summed E-state index contributed by atoms with van der Waals surface area (Å²) in [7, 11) is 0. The largest absolute Gasteiger partial charge is 0.289 e. The average molecular weight is 226 g/mol. The first-order chi connectivity index (χ1) is 8.29. The molecule has 2 aliphatic carbocycles. The number of hydrogen-bond acceptors (Lipinski definition) is 1. The van der Waals surface area contributed by atoms with Gasteiger partial charge in [0.05, 0.1) is 0 Å². The van der Waals surface area contributed by atoms with E-state index in [0.717, 1.165) is 29.5 Å². The number of fused-ring (bicyclic) bond motifs is 2. The van der Waals surface area contributed by atoms with Gasteiger partial charge in [-0.3, -0.25) is 4.79 Å². The van der Waals surface area contributed by atoms with Gasteiger partial charge in [0, 0.05) is 11.1 Å². The van der Waals surface area contributed by atoms with E-state index in [2.05, 4.69) is 19.1 Å². The van der Waals surface area contributed by atoms with Gasteiger partial charge in [0.25, 0.3) is 0 Å². The molecule has 1 aromatic carbocycles. The number of benzene rings is 1. The molecule has 1 nitrogen and oxygen atoms in total. The van der Waals surface area contributed by atoms with Crippen LogP contribution in [0.5, 0.6) is 0 Å². The van der Waals surface area contributed by atoms with Gasteiger partial charge in [-0.1, -0.05) is 44.2 Å². The lowest BCUT2D eigenvalue weighted by Gasteiger charge is -2.12. The molecule has 0 bridgehead atoms. The zero-order valence-corrected chi connectivity index (χ0v) is 10.7. The Hall–Kier alpha value is -1.63. The third-order valence-corrected chi connectivity index (χ3v) is 3.26. The maximum atomic E-state index is 12.1. The second-order valence-electron chi connectivity index (χ2n) is 4.15. The highest BCUT2D eigenvalue weighted by Gasteiger charge is 2.30. The van der Waals surface area contributed by atoms with Crippen molar-refractivity contribution in [3.05, 3.63) is 52.6 Å². The Kier molecular flexibility index (Phi) is 3.28. The summed E-state index contributed by atoms with van der Waals surface area (Å²) in [6.07, 6.45) is 4.14. The van der Waals surface area contributed by atoms with E-state index >= 15 is 0 Å². The first-order valence-electron chi connectivity index (χ1n) is 6.33. The molecule has 2 aliphatic rings. The fourth-order valence-electron chi connectivity index (χ4n) is 2.56. The fraction of sp³-hybridized carbons (Fsp3) is 0.312. The Labute approximate surface area is 103 Å². The lowest BCUT2D eigenvalue weighted by atomic mass is 9.91. The van der Waals surface area contributed by atoms with Crippen LogP contribution in [0.3, 0.4) is 0 Å². The molecular formula is C16H18O. The van der Waals surface area contributed by atoms with E-state index in [9.17, 15) is 4.79 Å². The molecule has 0 heterocycles. The summed E-state index contributed by atoms with van der Waals surface area (Å²) >= 11 is 0. The van der Waals surface area contributed by atoms with Crippen molar-refractivity contribution in [2.45, 2.75) is 33.6 Å². The average Bonchev–Trinajstić information content (AvgIpc) is 2.68. The highest BCUT2D eigenvalue weighted by molar-refractivity contribution is 6.22. The Bertz CT molecular complexity index is 518. The summed E-state index contributed by atoms with van der Waals surface area (Å²) in [6.45, 7) is 6.10. The Morgan fingerprint density at radius 3 is 2.41 bits per heavy atom. The van der Waals surface area contributed by atoms with Crippen LogP contribution in [0.1, 0.15) is 49.5 Å². The molecule has 0 aromatic heterocycles. The van der Waals surface area contributed by atoms with Crippen molar-refractivity contribution in [1.29, 1.82) is 0 Å². The number of hydrogen-bond donors (Lipinski definition) is 0. The fourth-order valence-corrected chi connectivity index (χ4v) is 2.56. The van der Waals surface area contributed by atoms with Crippen molar-refractivity contribution in [2.75, 3.05) is 0 Å². The van der Waals surface area contributed by atoms with Gasteiger partial charge in [-0.2, -0.15) is 0 Å². The molecule has 0 fully saturated rings. The van der Waals surface area contributed by atoms with E-state index in [4.69, 9.17) is 0 Å². The van der Waals surface area contributed by atoms with E-state index in [0.29, 0.717) is 0 Å². The number of carbonyl (C=O) groups excluding carboxylic acids is 1. The van der Waals surface area contributed by atoms with E-state index in [1.807, 2.05) is 32.0 Å². The highest BCUT2D eigenvalue weighted by atomic mass is 16.1. The first kappa shape index (κ1) is 11.8. The van der Waals surface area contributed by atoms with Crippen LogP contribution < -0.4 is 0 Å². The van der Waals surface area contributed by atoms with Crippen molar-refractivity contribution in [2.24, 2.45) is 0 Å². The molecular weight excluding hydrogens is 208 g/mol. The molecule has 0 aliphatic heterocycles. The predicted octanol–water partition coefficient (Wildman–Crippen LogP) is 4.40. The Balaban J connectivity index is 0.000000514. The van der Waals surface area contributed by atoms with E-state index in [-0.39, 0.29) is 5.78 Å². The van der Waals surface area contributed by atoms with Crippen LogP contribution in [0, 0.1) is 0 Å². The van der Waals surface area contributed by atoms with Gasteiger partial charge >= 0.3 is 0 Å². The maximum Gasteiger partial charge on any atom is 0.190 e. The van der Waals surface area contributed by atoms with Crippen LogP contribution in [0.4, 0.5) is 0 Å². The van der Waals surface area contributed by atoms with Crippen molar-refractivity contribution in [3.63, 3.8) is 0 Å². The van der Waals surface area contributed by atoms with Crippen LogP contribution in [0.15, 0.2) is 41.5 Å². The van der Waals surface area contributed by atoms with Crippen molar-refractivity contribution >= 4 is 11.4 Å². The quantitative estimate of drug-likeness (QED) is 0.640. The third-order valence-electron chi connectivity index (χ3n) is 3.26.